The van der Waals surface area contributed by atoms with Crippen molar-refractivity contribution < 1.29 is 9.59 Å². The predicted octanol–water partition coefficient (Wildman–Crippen LogP) is -0.293. The zero-order chi connectivity index (χ0) is 13.2. The Morgan fingerprint density at radius 1 is 1.37 bits per heavy atom. The van der Waals surface area contributed by atoms with Crippen LogP contribution in [0.5, 0.6) is 0 Å². The molecule has 0 bridgehead atoms. The minimum absolute atomic E-state index is 0.110. The number of carbonyl (C=O) groups excluding carboxylic acids is 2. The second-order valence-electron chi connectivity index (χ2n) is 4.88. The van der Waals surface area contributed by atoms with Crippen LogP contribution < -0.4 is 16.0 Å². The molecular weight excluding hydrogens is 246 g/mol. The maximum Gasteiger partial charge on any atom is 0.272 e. The summed E-state index contributed by atoms with van der Waals surface area (Å²) >= 11 is 0. The van der Waals surface area contributed by atoms with Gasteiger partial charge in [0.15, 0.2) is 0 Å². The molecule has 7 heteroatoms. The molecule has 19 heavy (non-hydrogen) atoms. The van der Waals surface area contributed by atoms with E-state index in [0.29, 0.717) is 18.7 Å². The smallest absolute Gasteiger partial charge is 0.272 e. The summed E-state index contributed by atoms with van der Waals surface area (Å²) in [5.41, 5.74) is 0.364. The van der Waals surface area contributed by atoms with Gasteiger partial charge >= 0.3 is 0 Å². The largest absolute Gasteiger partial charge is 0.356 e. The van der Waals surface area contributed by atoms with Crippen molar-refractivity contribution in [2.75, 3.05) is 18.4 Å². The Hall–Kier alpha value is -2.05. The molecule has 3 rings (SSSR count). The number of nitrogens with one attached hydrogen (secondary N) is 3. The minimum atomic E-state index is -0.437. The van der Waals surface area contributed by atoms with Gasteiger partial charge < -0.3 is 20.5 Å². The number of imidazole rings is 1. The van der Waals surface area contributed by atoms with Gasteiger partial charge in [-0.2, -0.15) is 0 Å². The first-order chi connectivity index (χ1) is 9.24. The molecule has 0 saturated carbocycles. The Labute approximate surface area is 110 Å². The lowest BCUT2D eigenvalue weighted by Crippen LogP contribution is -2.50. The number of rotatable bonds is 2. The molecule has 1 unspecified atom stereocenters. The average molecular weight is 263 g/mol. The topological polar surface area (TPSA) is 88.1 Å². The standard InChI is InChI=1S/C12H17N5O2/c18-10-8(3-1-4-13-10)15-11(19)9-7-17-6-2-5-14-12(17)16-9/h7-8H,1-6H2,(H,13,18)(H,14,16)(H,15,19). The Balaban J connectivity index is 1.69. The second-order valence-corrected chi connectivity index (χ2v) is 4.88. The van der Waals surface area contributed by atoms with Crippen molar-refractivity contribution in [2.24, 2.45) is 0 Å². The molecule has 0 aromatic carbocycles. The van der Waals surface area contributed by atoms with E-state index in [0.717, 1.165) is 31.9 Å². The molecule has 102 valence electrons. The number of fused-ring (bicyclic) bond motifs is 1. The number of piperidine rings is 1. The molecule has 2 amide bonds. The van der Waals surface area contributed by atoms with Gasteiger partial charge in [0.2, 0.25) is 11.9 Å². The summed E-state index contributed by atoms with van der Waals surface area (Å²) in [6, 6.07) is -0.437. The van der Waals surface area contributed by atoms with Crippen molar-refractivity contribution in [1.82, 2.24) is 20.2 Å². The third-order valence-electron chi connectivity index (χ3n) is 3.46. The fraction of sp³-hybridized carbons (Fsp3) is 0.583. The van der Waals surface area contributed by atoms with Crippen molar-refractivity contribution in [2.45, 2.75) is 31.8 Å². The number of anilines is 1. The number of carbonyl (C=O) groups is 2. The van der Waals surface area contributed by atoms with Gasteiger partial charge in [-0.15, -0.1) is 0 Å². The maximum atomic E-state index is 12.1. The third-order valence-corrected chi connectivity index (χ3v) is 3.46. The van der Waals surface area contributed by atoms with Gasteiger partial charge in [0.05, 0.1) is 0 Å². The van der Waals surface area contributed by atoms with Gasteiger partial charge in [0.25, 0.3) is 5.91 Å². The Morgan fingerprint density at radius 2 is 2.21 bits per heavy atom. The van der Waals surface area contributed by atoms with Gasteiger partial charge in [-0.3, -0.25) is 9.59 Å². The number of amides is 2. The van der Waals surface area contributed by atoms with Crippen LogP contribution in [0.1, 0.15) is 29.8 Å². The van der Waals surface area contributed by atoms with Crippen LogP contribution in [0.15, 0.2) is 6.20 Å². The first-order valence-electron chi connectivity index (χ1n) is 6.63. The highest BCUT2D eigenvalue weighted by molar-refractivity contribution is 5.96. The highest BCUT2D eigenvalue weighted by Gasteiger charge is 2.25. The van der Waals surface area contributed by atoms with E-state index in [-0.39, 0.29) is 11.8 Å². The van der Waals surface area contributed by atoms with E-state index in [2.05, 4.69) is 20.9 Å². The molecule has 2 aliphatic rings. The van der Waals surface area contributed by atoms with Crippen molar-refractivity contribution >= 4 is 17.8 Å². The fourth-order valence-electron chi connectivity index (χ4n) is 2.43. The molecule has 0 spiro atoms. The molecule has 1 atom stereocenters. The van der Waals surface area contributed by atoms with Crippen LogP contribution in [-0.4, -0.2) is 40.5 Å². The summed E-state index contributed by atoms with van der Waals surface area (Å²) in [4.78, 5) is 27.9. The summed E-state index contributed by atoms with van der Waals surface area (Å²) in [7, 11) is 0. The van der Waals surface area contributed by atoms with E-state index in [9.17, 15) is 9.59 Å². The zero-order valence-corrected chi connectivity index (χ0v) is 10.6. The van der Waals surface area contributed by atoms with Gasteiger partial charge in [-0.25, -0.2) is 4.98 Å². The van der Waals surface area contributed by atoms with Gasteiger partial charge in [-0.1, -0.05) is 0 Å². The van der Waals surface area contributed by atoms with Gasteiger partial charge in [0, 0.05) is 25.8 Å². The fourth-order valence-corrected chi connectivity index (χ4v) is 2.43. The average Bonchev–Trinajstić information content (AvgIpc) is 2.85. The van der Waals surface area contributed by atoms with E-state index in [1.54, 1.807) is 6.20 Å². The number of nitrogens with zero attached hydrogens (tertiary/aromatic N) is 2. The summed E-state index contributed by atoms with van der Waals surface area (Å²) in [6.07, 6.45) is 4.33. The lowest BCUT2D eigenvalue weighted by molar-refractivity contribution is -0.124. The van der Waals surface area contributed by atoms with Crippen molar-refractivity contribution in [3.8, 4) is 0 Å². The van der Waals surface area contributed by atoms with Gasteiger partial charge in [-0.05, 0) is 19.3 Å². The highest BCUT2D eigenvalue weighted by Crippen LogP contribution is 2.14. The monoisotopic (exact) mass is 263 g/mol. The van der Waals surface area contributed by atoms with Crippen LogP contribution in [0.3, 0.4) is 0 Å². The maximum absolute atomic E-state index is 12.1. The van der Waals surface area contributed by atoms with Crippen LogP contribution >= 0.6 is 0 Å². The molecule has 7 nitrogen and oxygen atoms in total. The van der Waals surface area contributed by atoms with Crippen LogP contribution in [-0.2, 0) is 11.3 Å². The van der Waals surface area contributed by atoms with Gasteiger partial charge in [0.1, 0.15) is 11.7 Å². The molecule has 1 aromatic rings. The molecule has 3 heterocycles. The van der Waals surface area contributed by atoms with Crippen LogP contribution in [0.4, 0.5) is 5.95 Å². The number of aromatic nitrogens is 2. The van der Waals surface area contributed by atoms with E-state index in [1.807, 2.05) is 4.57 Å². The summed E-state index contributed by atoms with van der Waals surface area (Å²) in [6.45, 7) is 2.43. The summed E-state index contributed by atoms with van der Waals surface area (Å²) in [5.74, 6) is 0.331. The summed E-state index contributed by atoms with van der Waals surface area (Å²) in [5, 5.41) is 8.63. The Bertz CT molecular complexity index is 487. The van der Waals surface area contributed by atoms with E-state index in [1.165, 1.54) is 0 Å². The minimum Gasteiger partial charge on any atom is -0.356 e. The zero-order valence-electron chi connectivity index (χ0n) is 10.6. The quantitative estimate of drug-likeness (QED) is 0.684. The Morgan fingerprint density at radius 3 is 3.00 bits per heavy atom. The van der Waals surface area contributed by atoms with E-state index < -0.39 is 6.04 Å². The van der Waals surface area contributed by atoms with E-state index in [4.69, 9.17) is 0 Å². The number of hydrogen-bond acceptors (Lipinski definition) is 4. The predicted molar refractivity (Wildman–Crippen MR) is 68.8 cm³/mol. The van der Waals surface area contributed by atoms with Crippen molar-refractivity contribution in [3.05, 3.63) is 11.9 Å². The SMILES string of the molecule is O=C(NC1CCCNC1=O)c1cn2c(n1)NCCC2. The molecular formula is C12H17N5O2. The number of aryl methyl sites for hydroxylation is 1. The molecule has 3 N–H and O–H groups in total. The molecule has 0 radical (unpaired) electrons. The first kappa shape index (κ1) is 12.0. The first-order valence-corrected chi connectivity index (χ1v) is 6.63. The van der Waals surface area contributed by atoms with Crippen LogP contribution in [0.25, 0.3) is 0 Å². The molecule has 1 aromatic heterocycles. The van der Waals surface area contributed by atoms with Crippen molar-refractivity contribution in [1.29, 1.82) is 0 Å². The summed E-state index contributed by atoms with van der Waals surface area (Å²) < 4.78 is 1.93. The second kappa shape index (κ2) is 4.91. The lowest BCUT2D eigenvalue weighted by Gasteiger charge is -2.22. The number of hydrogen-bond donors (Lipinski definition) is 3. The lowest BCUT2D eigenvalue weighted by atomic mass is 10.1. The molecule has 2 aliphatic heterocycles. The Kier molecular flexibility index (Phi) is 3.10. The highest BCUT2D eigenvalue weighted by atomic mass is 16.2. The normalized spacial score (nSPS) is 22.1. The molecule has 0 aliphatic carbocycles. The van der Waals surface area contributed by atoms with E-state index >= 15 is 0 Å². The van der Waals surface area contributed by atoms with Crippen molar-refractivity contribution in [3.63, 3.8) is 0 Å². The van der Waals surface area contributed by atoms with Crippen LogP contribution in [0, 0.1) is 0 Å². The third kappa shape index (κ3) is 2.40. The molecule has 1 saturated heterocycles. The van der Waals surface area contributed by atoms with Crippen LogP contribution in [0.2, 0.25) is 0 Å². The molecule has 1 fully saturated rings.